The Morgan fingerprint density at radius 3 is 3.00 bits per heavy atom. The van der Waals surface area contributed by atoms with Gasteiger partial charge in [-0.3, -0.25) is 0 Å². The molecule has 1 nitrogen and oxygen atoms in total. The second-order valence-electron chi connectivity index (χ2n) is 3.60. The fraction of sp³-hybridized carbons (Fsp3) is 0.636. The summed E-state index contributed by atoms with van der Waals surface area (Å²) in [6.07, 6.45) is 11.5. The van der Waals surface area contributed by atoms with E-state index in [1.165, 1.54) is 25.7 Å². The Balaban J connectivity index is 2.28. The number of hydrogen-bond donors (Lipinski definition) is 1. The summed E-state index contributed by atoms with van der Waals surface area (Å²) in [6.45, 7) is 3.69. The van der Waals surface area contributed by atoms with Crippen LogP contribution in [0.15, 0.2) is 24.3 Å². The van der Waals surface area contributed by atoms with Crippen LogP contribution in [0, 0.1) is 0 Å². The first kappa shape index (κ1) is 9.53. The summed E-state index contributed by atoms with van der Waals surface area (Å²) in [4.78, 5) is 0. The largest absolute Gasteiger partial charge is 0.327 e. The summed E-state index contributed by atoms with van der Waals surface area (Å²) >= 11 is 0. The van der Waals surface area contributed by atoms with Gasteiger partial charge in [0.05, 0.1) is 0 Å². The molecular weight excluding hydrogens is 146 g/mol. The van der Waals surface area contributed by atoms with Crippen molar-refractivity contribution in [2.75, 3.05) is 0 Å². The molecule has 1 aliphatic carbocycles. The van der Waals surface area contributed by atoms with E-state index in [1.807, 2.05) is 6.08 Å². The van der Waals surface area contributed by atoms with Gasteiger partial charge in [-0.2, -0.15) is 0 Å². The van der Waals surface area contributed by atoms with Crippen molar-refractivity contribution in [3.05, 3.63) is 24.3 Å². The van der Waals surface area contributed by atoms with Crippen molar-refractivity contribution < 1.29 is 0 Å². The minimum atomic E-state index is 0.298. The zero-order valence-corrected chi connectivity index (χ0v) is 7.76. The zero-order chi connectivity index (χ0) is 8.81. The molecule has 68 valence electrons. The number of allylic oxidation sites excluding steroid dienone is 1. The van der Waals surface area contributed by atoms with Gasteiger partial charge in [-0.15, -0.1) is 6.58 Å². The standard InChI is InChI=1S/C11H19N/c1-2-6-11(12)9-10-7-4-3-5-8-10/h2,7,11H,1,3-6,8-9,12H2. The van der Waals surface area contributed by atoms with Crippen molar-refractivity contribution in [1.82, 2.24) is 0 Å². The van der Waals surface area contributed by atoms with Crippen LogP contribution in [0.4, 0.5) is 0 Å². The van der Waals surface area contributed by atoms with Gasteiger partial charge in [0.25, 0.3) is 0 Å². The van der Waals surface area contributed by atoms with E-state index in [0.29, 0.717) is 6.04 Å². The summed E-state index contributed by atoms with van der Waals surface area (Å²) in [7, 11) is 0. The minimum absolute atomic E-state index is 0.298. The highest BCUT2D eigenvalue weighted by Gasteiger charge is 2.07. The molecule has 1 heteroatoms. The number of nitrogens with two attached hydrogens (primary N) is 1. The van der Waals surface area contributed by atoms with Crippen molar-refractivity contribution in [1.29, 1.82) is 0 Å². The van der Waals surface area contributed by atoms with Gasteiger partial charge in [-0.1, -0.05) is 17.7 Å². The fourth-order valence-electron chi connectivity index (χ4n) is 1.72. The molecule has 0 aromatic heterocycles. The predicted molar refractivity (Wildman–Crippen MR) is 54.0 cm³/mol. The molecule has 1 aliphatic rings. The normalized spacial score (nSPS) is 19.9. The Bertz CT molecular complexity index is 170. The lowest BCUT2D eigenvalue weighted by molar-refractivity contribution is 0.612. The maximum absolute atomic E-state index is 5.90. The first-order valence-corrected chi connectivity index (χ1v) is 4.87. The Morgan fingerprint density at radius 1 is 1.58 bits per heavy atom. The highest BCUT2D eigenvalue weighted by atomic mass is 14.6. The van der Waals surface area contributed by atoms with Crippen molar-refractivity contribution in [3.63, 3.8) is 0 Å². The van der Waals surface area contributed by atoms with Crippen LogP contribution in [0.25, 0.3) is 0 Å². The van der Waals surface area contributed by atoms with Crippen LogP contribution >= 0.6 is 0 Å². The van der Waals surface area contributed by atoms with E-state index >= 15 is 0 Å². The van der Waals surface area contributed by atoms with Crippen LogP contribution in [0.1, 0.15) is 38.5 Å². The van der Waals surface area contributed by atoms with E-state index < -0.39 is 0 Å². The van der Waals surface area contributed by atoms with Gasteiger partial charge in [0.15, 0.2) is 0 Å². The molecule has 1 rings (SSSR count). The van der Waals surface area contributed by atoms with E-state index in [0.717, 1.165) is 12.8 Å². The smallest absolute Gasteiger partial charge is 0.0111 e. The summed E-state index contributed by atoms with van der Waals surface area (Å²) in [6, 6.07) is 0.298. The molecule has 0 bridgehead atoms. The van der Waals surface area contributed by atoms with Crippen LogP contribution in [-0.2, 0) is 0 Å². The Morgan fingerprint density at radius 2 is 2.42 bits per heavy atom. The molecule has 0 aliphatic heterocycles. The second-order valence-corrected chi connectivity index (χ2v) is 3.60. The topological polar surface area (TPSA) is 26.0 Å². The first-order chi connectivity index (χ1) is 5.83. The van der Waals surface area contributed by atoms with Crippen LogP contribution < -0.4 is 5.73 Å². The molecule has 0 fully saturated rings. The van der Waals surface area contributed by atoms with Crippen LogP contribution in [0.3, 0.4) is 0 Å². The Labute approximate surface area is 75.3 Å². The third kappa shape index (κ3) is 3.22. The van der Waals surface area contributed by atoms with Crippen LogP contribution in [0.2, 0.25) is 0 Å². The molecular formula is C11H19N. The van der Waals surface area contributed by atoms with Gasteiger partial charge in [0.1, 0.15) is 0 Å². The van der Waals surface area contributed by atoms with E-state index in [1.54, 1.807) is 5.57 Å². The molecule has 1 unspecified atom stereocenters. The molecule has 0 aromatic carbocycles. The van der Waals surface area contributed by atoms with Gasteiger partial charge in [-0.05, 0) is 38.5 Å². The van der Waals surface area contributed by atoms with Gasteiger partial charge >= 0.3 is 0 Å². The maximum atomic E-state index is 5.90. The predicted octanol–water partition coefficient (Wildman–Crippen LogP) is 2.78. The molecule has 1 atom stereocenters. The van der Waals surface area contributed by atoms with Crippen molar-refractivity contribution in [2.24, 2.45) is 5.73 Å². The first-order valence-electron chi connectivity index (χ1n) is 4.87. The van der Waals surface area contributed by atoms with Gasteiger partial charge in [0, 0.05) is 6.04 Å². The van der Waals surface area contributed by atoms with E-state index in [4.69, 9.17) is 5.73 Å². The summed E-state index contributed by atoms with van der Waals surface area (Å²) in [5.41, 5.74) is 7.47. The molecule has 0 saturated heterocycles. The summed E-state index contributed by atoms with van der Waals surface area (Å²) < 4.78 is 0. The molecule has 12 heavy (non-hydrogen) atoms. The number of hydrogen-bond acceptors (Lipinski definition) is 1. The average Bonchev–Trinajstić information content (AvgIpc) is 2.06. The Kier molecular flexibility index (Phi) is 4.09. The van der Waals surface area contributed by atoms with Crippen molar-refractivity contribution >= 4 is 0 Å². The lowest BCUT2D eigenvalue weighted by atomic mass is 9.94. The SMILES string of the molecule is C=CCC(N)CC1=CCCCC1. The lowest BCUT2D eigenvalue weighted by Crippen LogP contribution is -2.19. The van der Waals surface area contributed by atoms with Crippen LogP contribution in [-0.4, -0.2) is 6.04 Å². The van der Waals surface area contributed by atoms with E-state index in [-0.39, 0.29) is 0 Å². The third-order valence-electron chi connectivity index (χ3n) is 2.38. The fourth-order valence-corrected chi connectivity index (χ4v) is 1.72. The van der Waals surface area contributed by atoms with Crippen molar-refractivity contribution in [3.8, 4) is 0 Å². The van der Waals surface area contributed by atoms with Gasteiger partial charge in [-0.25, -0.2) is 0 Å². The minimum Gasteiger partial charge on any atom is -0.327 e. The molecule has 0 radical (unpaired) electrons. The summed E-state index contributed by atoms with van der Waals surface area (Å²) in [5.74, 6) is 0. The van der Waals surface area contributed by atoms with E-state index in [2.05, 4.69) is 12.7 Å². The van der Waals surface area contributed by atoms with Crippen molar-refractivity contribution in [2.45, 2.75) is 44.6 Å². The summed E-state index contributed by atoms with van der Waals surface area (Å²) in [5, 5.41) is 0. The quantitative estimate of drug-likeness (QED) is 0.637. The molecule has 0 amide bonds. The highest BCUT2D eigenvalue weighted by molar-refractivity contribution is 5.07. The zero-order valence-electron chi connectivity index (χ0n) is 7.76. The van der Waals surface area contributed by atoms with Crippen LogP contribution in [0.5, 0.6) is 0 Å². The molecule has 0 heterocycles. The highest BCUT2D eigenvalue weighted by Crippen LogP contribution is 2.21. The molecule has 0 spiro atoms. The van der Waals surface area contributed by atoms with E-state index in [9.17, 15) is 0 Å². The second kappa shape index (κ2) is 5.15. The maximum Gasteiger partial charge on any atom is 0.0111 e. The molecule has 0 saturated carbocycles. The van der Waals surface area contributed by atoms with Gasteiger partial charge in [0.2, 0.25) is 0 Å². The Hall–Kier alpha value is -0.560. The van der Waals surface area contributed by atoms with Gasteiger partial charge < -0.3 is 5.73 Å². The molecule has 2 N–H and O–H groups in total. The lowest BCUT2D eigenvalue weighted by Gasteiger charge is -2.15. The number of rotatable bonds is 4. The average molecular weight is 165 g/mol. The monoisotopic (exact) mass is 165 g/mol. The third-order valence-corrected chi connectivity index (χ3v) is 2.38. The molecule has 0 aromatic rings.